The molecule has 0 aliphatic rings. The van der Waals surface area contributed by atoms with Gasteiger partial charge in [-0.3, -0.25) is 4.79 Å². The van der Waals surface area contributed by atoms with Crippen molar-refractivity contribution in [3.05, 3.63) is 29.8 Å². The van der Waals surface area contributed by atoms with Crippen LogP contribution in [-0.4, -0.2) is 31.6 Å². The van der Waals surface area contributed by atoms with Crippen LogP contribution in [0, 0.1) is 11.6 Å². The maximum atomic E-state index is 13.1. The van der Waals surface area contributed by atoms with E-state index in [1.54, 1.807) is 7.05 Å². The number of aliphatic carboxylic acids is 1. The minimum absolute atomic E-state index is 0.149. The SMILES string of the molecule is Cn1c(SCC(=O)O)nnc1-c1ccc(F)c(F)c1. The fourth-order valence-corrected chi connectivity index (χ4v) is 2.08. The van der Waals surface area contributed by atoms with E-state index in [0.717, 1.165) is 23.9 Å². The van der Waals surface area contributed by atoms with Crippen molar-refractivity contribution >= 4 is 17.7 Å². The van der Waals surface area contributed by atoms with Crippen LogP contribution in [0.4, 0.5) is 8.78 Å². The van der Waals surface area contributed by atoms with Crippen LogP contribution in [-0.2, 0) is 11.8 Å². The molecule has 1 heterocycles. The van der Waals surface area contributed by atoms with Gasteiger partial charge in [-0.2, -0.15) is 0 Å². The molecule has 0 saturated carbocycles. The van der Waals surface area contributed by atoms with E-state index in [9.17, 15) is 13.6 Å². The summed E-state index contributed by atoms with van der Waals surface area (Å²) in [4.78, 5) is 10.5. The van der Waals surface area contributed by atoms with Crippen LogP contribution in [0.15, 0.2) is 23.4 Å². The summed E-state index contributed by atoms with van der Waals surface area (Å²) in [6.07, 6.45) is 0. The first-order valence-corrected chi connectivity index (χ1v) is 6.17. The molecule has 8 heteroatoms. The van der Waals surface area contributed by atoms with Crippen LogP contribution in [0.1, 0.15) is 0 Å². The van der Waals surface area contributed by atoms with E-state index >= 15 is 0 Å². The predicted molar refractivity (Wildman–Crippen MR) is 64.7 cm³/mol. The van der Waals surface area contributed by atoms with Gasteiger partial charge >= 0.3 is 5.97 Å². The summed E-state index contributed by atoms with van der Waals surface area (Å²) < 4.78 is 27.5. The number of carboxylic acids is 1. The molecule has 0 aliphatic heterocycles. The number of carbonyl (C=O) groups is 1. The lowest BCUT2D eigenvalue weighted by molar-refractivity contribution is -0.133. The molecule has 100 valence electrons. The van der Waals surface area contributed by atoms with Crippen molar-refractivity contribution in [2.24, 2.45) is 7.05 Å². The number of thioether (sulfide) groups is 1. The molecule has 0 amide bonds. The topological polar surface area (TPSA) is 68.0 Å². The Hall–Kier alpha value is -1.96. The van der Waals surface area contributed by atoms with Crippen LogP contribution in [0.3, 0.4) is 0 Å². The van der Waals surface area contributed by atoms with Crippen LogP contribution in [0.25, 0.3) is 11.4 Å². The molecule has 0 spiro atoms. The summed E-state index contributed by atoms with van der Waals surface area (Å²) in [6.45, 7) is 0. The third kappa shape index (κ3) is 2.90. The van der Waals surface area contributed by atoms with Gasteiger partial charge in [0.15, 0.2) is 22.6 Å². The fraction of sp³-hybridized carbons (Fsp3) is 0.182. The number of rotatable bonds is 4. The van der Waals surface area contributed by atoms with E-state index in [0.29, 0.717) is 16.5 Å². The lowest BCUT2D eigenvalue weighted by Crippen LogP contribution is -2.01. The smallest absolute Gasteiger partial charge is 0.313 e. The van der Waals surface area contributed by atoms with Gasteiger partial charge in [-0.15, -0.1) is 10.2 Å². The van der Waals surface area contributed by atoms with Gasteiger partial charge in [0.05, 0.1) is 5.75 Å². The molecule has 0 radical (unpaired) electrons. The number of halogens is 2. The molecule has 0 aliphatic carbocycles. The molecule has 0 fully saturated rings. The Morgan fingerprint density at radius 2 is 2.11 bits per heavy atom. The van der Waals surface area contributed by atoms with E-state index in [4.69, 9.17) is 5.11 Å². The molecule has 0 atom stereocenters. The van der Waals surface area contributed by atoms with Gasteiger partial charge in [0.2, 0.25) is 0 Å². The van der Waals surface area contributed by atoms with Crippen molar-refractivity contribution < 1.29 is 18.7 Å². The van der Waals surface area contributed by atoms with Gasteiger partial charge in [0.1, 0.15) is 0 Å². The van der Waals surface area contributed by atoms with E-state index in [1.807, 2.05) is 0 Å². The van der Waals surface area contributed by atoms with Crippen molar-refractivity contribution in [3.63, 3.8) is 0 Å². The van der Waals surface area contributed by atoms with E-state index in [2.05, 4.69) is 10.2 Å². The fourth-order valence-electron chi connectivity index (χ4n) is 1.45. The molecule has 2 aromatic rings. The largest absolute Gasteiger partial charge is 0.481 e. The van der Waals surface area contributed by atoms with Crippen LogP contribution >= 0.6 is 11.8 Å². The second-order valence-corrected chi connectivity index (χ2v) is 4.62. The maximum Gasteiger partial charge on any atom is 0.313 e. The zero-order valence-corrected chi connectivity index (χ0v) is 10.6. The second kappa shape index (κ2) is 5.35. The Morgan fingerprint density at radius 1 is 1.37 bits per heavy atom. The first-order chi connectivity index (χ1) is 8.99. The highest BCUT2D eigenvalue weighted by Crippen LogP contribution is 2.23. The molecular formula is C11H9F2N3O2S. The minimum atomic E-state index is -0.972. The van der Waals surface area contributed by atoms with Crippen LogP contribution < -0.4 is 0 Å². The van der Waals surface area contributed by atoms with Gasteiger partial charge in [-0.05, 0) is 18.2 Å². The number of hydrogen-bond acceptors (Lipinski definition) is 4. The maximum absolute atomic E-state index is 13.1. The Labute approximate surface area is 111 Å². The first-order valence-electron chi connectivity index (χ1n) is 5.18. The van der Waals surface area contributed by atoms with E-state index < -0.39 is 17.6 Å². The quantitative estimate of drug-likeness (QED) is 0.869. The highest BCUT2D eigenvalue weighted by Gasteiger charge is 2.14. The molecule has 1 aromatic carbocycles. The lowest BCUT2D eigenvalue weighted by atomic mass is 10.2. The highest BCUT2D eigenvalue weighted by molar-refractivity contribution is 7.99. The van der Waals surface area contributed by atoms with Gasteiger partial charge < -0.3 is 9.67 Å². The molecule has 0 unspecified atom stereocenters. The number of nitrogens with zero attached hydrogens (tertiary/aromatic N) is 3. The average Bonchev–Trinajstić information content (AvgIpc) is 2.72. The average molecular weight is 285 g/mol. The Kier molecular flexibility index (Phi) is 3.79. The zero-order chi connectivity index (χ0) is 14.0. The lowest BCUT2D eigenvalue weighted by Gasteiger charge is -2.03. The van der Waals surface area contributed by atoms with Crippen LogP contribution in [0.5, 0.6) is 0 Å². The summed E-state index contributed by atoms with van der Waals surface area (Å²) >= 11 is 1.000. The van der Waals surface area contributed by atoms with Crippen molar-refractivity contribution in [3.8, 4) is 11.4 Å². The van der Waals surface area contributed by atoms with E-state index in [-0.39, 0.29) is 5.75 Å². The molecule has 1 N–H and O–H groups in total. The highest BCUT2D eigenvalue weighted by atomic mass is 32.2. The Morgan fingerprint density at radius 3 is 2.74 bits per heavy atom. The van der Waals surface area contributed by atoms with Crippen molar-refractivity contribution in [1.82, 2.24) is 14.8 Å². The Balaban J connectivity index is 2.30. The Bertz CT molecular complexity index is 630. The first kappa shape index (κ1) is 13.5. The third-order valence-electron chi connectivity index (χ3n) is 2.34. The van der Waals surface area contributed by atoms with Crippen molar-refractivity contribution in [1.29, 1.82) is 0 Å². The number of hydrogen-bond donors (Lipinski definition) is 1. The summed E-state index contributed by atoms with van der Waals surface area (Å²) in [5, 5.41) is 16.6. The minimum Gasteiger partial charge on any atom is -0.481 e. The molecule has 2 rings (SSSR count). The second-order valence-electron chi connectivity index (χ2n) is 3.68. The van der Waals surface area contributed by atoms with Gasteiger partial charge in [0, 0.05) is 12.6 Å². The molecule has 0 saturated heterocycles. The van der Waals surface area contributed by atoms with Gasteiger partial charge in [-0.25, -0.2) is 8.78 Å². The summed E-state index contributed by atoms with van der Waals surface area (Å²) in [7, 11) is 1.63. The summed E-state index contributed by atoms with van der Waals surface area (Å²) in [6, 6.07) is 3.41. The summed E-state index contributed by atoms with van der Waals surface area (Å²) in [5.41, 5.74) is 0.371. The molecule has 5 nitrogen and oxygen atoms in total. The molecule has 19 heavy (non-hydrogen) atoms. The molecule has 0 bridgehead atoms. The number of aromatic nitrogens is 3. The normalized spacial score (nSPS) is 10.7. The number of benzene rings is 1. The monoisotopic (exact) mass is 285 g/mol. The molecular weight excluding hydrogens is 276 g/mol. The predicted octanol–water partition coefficient (Wildman–Crippen LogP) is 1.94. The third-order valence-corrected chi connectivity index (χ3v) is 3.34. The van der Waals surface area contributed by atoms with Crippen LogP contribution in [0.2, 0.25) is 0 Å². The van der Waals surface area contributed by atoms with Crippen molar-refractivity contribution in [2.75, 3.05) is 5.75 Å². The number of carboxylic acid groups (broad SMARTS) is 1. The van der Waals surface area contributed by atoms with Crippen molar-refractivity contribution in [2.45, 2.75) is 5.16 Å². The van der Waals surface area contributed by atoms with Gasteiger partial charge in [-0.1, -0.05) is 11.8 Å². The zero-order valence-electron chi connectivity index (χ0n) is 9.80. The van der Waals surface area contributed by atoms with E-state index in [1.165, 1.54) is 10.6 Å². The standard InChI is InChI=1S/C11H9F2N3O2S/c1-16-10(6-2-3-7(12)8(13)4-6)14-15-11(16)19-5-9(17)18/h2-4H,5H2,1H3,(H,17,18). The summed E-state index contributed by atoms with van der Waals surface area (Å²) in [5.74, 6) is -2.69. The van der Waals surface area contributed by atoms with Gasteiger partial charge in [0.25, 0.3) is 0 Å². The molecule has 1 aromatic heterocycles.